The summed E-state index contributed by atoms with van der Waals surface area (Å²) in [7, 11) is -3.75. The van der Waals surface area contributed by atoms with Gasteiger partial charge in [0.2, 0.25) is 0 Å². The van der Waals surface area contributed by atoms with E-state index in [1.165, 1.54) is 29.5 Å². The molecule has 0 spiro atoms. The molecule has 0 fully saturated rings. The average molecular weight is 480 g/mol. The van der Waals surface area contributed by atoms with E-state index in [1.807, 2.05) is 36.6 Å². The number of benzene rings is 3. The first-order chi connectivity index (χ1) is 15.9. The number of hydrogen-bond donors (Lipinski definition) is 2. The fourth-order valence-corrected chi connectivity index (χ4v) is 4.84. The second-order valence-corrected chi connectivity index (χ2v) is 9.49. The Hall–Kier alpha value is -3.69. The molecule has 0 bridgehead atoms. The van der Waals surface area contributed by atoms with Crippen LogP contribution >= 0.6 is 11.3 Å². The lowest BCUT2D eigenvalue weighted by Crippen LogP contribution is -2.15. The van der Waals surface area contributed by atoms with Crippen molar-refractivity contribution >= 4 is 38.1 Å². The summed E-state index contributed by atoms with van der Waals surface area (Å²) in [4.78, 5) is 17.3. The zero-order chi connectivity index (χ0) is 23.3. The summed E-state index contributed by atoms with van der Waals surface area (Å²) in [5.74, 6) is 0.399. The number of aromatic nitrogens is 1. The van der Waals surface area contributed by atoms with Crippen molar-refractivity contribution in [3.05, 3.63) is 89.8 Å². The van der Waals surface area contributed by atoms with Crippen LogP contribution in [0.5, 0.6) is 5.75 Å². The molecule has 3 aromatic carbocycles. The van der Waals surface area contributed by atoms with Crippen molar-refractivity contribution in [3.8, 4) is 17.0 Å². The lowest BCUT2D eigenvalue weighted by Gasteiger charge is -2.09. The molecule has 0 unspecified atom stereocenters. The molecule has 1 heterocycles. The van der Waals surface area contributed by atoms with Crippen molar-refractivity contribution < 1.29 is 17.9 Å². The number of anilines is 2. The number of carbonyl (C=O) groups is 1. The Kier molecular flexibility index (Phi) is 6.71. The van der Waals surface area contributed by atoms with Gasteiger partial charge < -0.3 is 4.74 Å². The predicted molar refractivity (Wildman–Crippen MR) is 130 cm³/mol. The van der Waals surface area contributed by atoms with E-state index in [4.69, 9.17) is 4.74 Å². The monoisotopic (exact) mass is 479 g/mol. The standard InChI is InChI=1S/C24H21N3O4S2/c1-2-31-20-13-11-17(12-14-20)22-16-32-24(25-22)26-23(28)18-7-6-8-19(15-18)27-33(29,30)21-9-4-3-5-10-21/h3-16,27H,2H2,1H3,(H,25,26,28). The highest BCUT2D eigenvalue weighted by molar-refractivity contribution is 7.92. The van der Waals surface area contributed by atoms with Gasteiger partial charge in [-0.05, 0) is 61.5 Å². The molecule has 0 atom stereocenters. The summed E-state index contributed by atoms with van der Waals surface area (Å²) in [6.07, 6.45) is 0. The molecule has 9 heteroatoms. The Bertz CT molecular complexity index is 1350. The van der Waals surface area contributed by atoms with Crippen LogP contribution in [-0.2, 0) is 10.0 Å². The summed E-state index contributed by atoms with van der Waals surface area (Å²) in [6, 6.07) is 21.9. The average Bonchev–Trinajstić information content (AvgIpc) is 3.29. The number of carbonyl (C=O) groups excluding carboxylic acids is 1. The third-order valence-corrected chi connectivity index (χ3v) is 6.77. The van der Waals surface area contributed by atoms with Crippen LogP contribution in [0.25, 0.3) is 11.3 Å². The van der Waals surface area contributed by atoms with E-state index in [-0.39, 0.29) is 10.8 Å². The highest BCUT2D eigenvalue weighted by atomic mass is 32.2. The normalized spacial score (nSPS) is 11.1. The fourth-order valence-electron chi connectivity index (χ4n) is 3.06. The van der Waals surface area contributed by atoms with Crippen LogP contribution in [-0.4, -0.2) is 25.9 Å². The summed E-state index contributed by atoms with van der Waals surface area (Å²) in [6.45, 7) is 2.53. The number of hydrogen-bond acceptors (Lipinski definition) is 6. The van der Waals surface area contributed by atoms with Gasteiger partial charge in [-0.25, -0.2) is 13.4 Å². The van der Waals surface area contributed by atoms with Gasteiger partial charge in [-0.1, -0.05) is 24.3 Å². The number of nitrogens with zero attached hydrogens (tertiary/aromatic N) is 1. The molecule has 0 aliphatic rings. The zero-order valence-corrected chi connectivity index (χ0v) is 19.3. The molecule has 0 saturated heterocycles. The van der Waals surface area contributed by atoms with Crippen molar-refractivity contribution in [3.63, 3.8) is 0 Å². The number of thiazole rings is 1. The second-order valence-electron chi connectivity index (χ2n) is 6.95. The number of rotatable bonds is 8. The van der Waals surface area contributed by atoms with E-state index in [0.717, 1.165) is 17.0 Å². The first-order valence-electron chi connectivity index (χ1n) is 10.1. The van der Waals surface area contributed by atoms with E-state index < -0.39 is 10.0 Å². The van der Waals surface area contributed by atoms with Crippen LogP contribution in [0, 0.1) is 0 Å². The van der Waals surface area contributed by atoms with Crippen LogP contribution < -0.4 is 14.8 Å². The van der Waals surface area contributed by atoms with Crippen LogP contribution in [0.15, 0.2) is 89.1 Å². The maximum atomic E-state index is 12.7. The van der Waals surface area contributed by atoms with Crippen molar-refractivity contribution in [2.24, 2.45) is 0 Å². The minimum Gasteiger partial charge on any atom is -0.494 e. The molecule has 0 aliphatic carbocycles. The smallest absolute Gasteiger partial charge is 0.261 e. The van der Waals surface area contributed by atoms with Gasteiger partial charge in [-0.3, -0.25) is 14.8 Å². The largest absolute Gasteiger partial charge is 0.494 e. The second kappa shape index (κ2) is 9.85. The molecule has 2 N–H and O–H groups in total. The number of nitrogens with one attached hydrogen (secondary N) is 2. The minimum atomic E-state index is -3.75. The topological polar surface area (TPSA) is 97.4 Å². The Morgan fingerprint density at radius 1 is 1.00 bits per heavy atom. The molecule has 0 saturated carbocycles. The third-order valence-electron chi connectivity index (χ3n) is 4.62. The lowest BCUT2D eigenvalue weighted by atomic mass is 10.2. The quantitative estimate of drug-likeness (QED) is 0.359. The first kappa shape index (κ1) is 22.5. The molecule has 33 heavy (non-hydrogen) atoms. The summed E-state index contributed by atoms with van der Waals surface area (Å²) < 4.78 is 33.0. The zero-order valence-electron chi connectivity index (χ0n) is 17.7. The molecule has 1 aromatic heterocycles. The number of sulfonamides is 1. The molecular weight excluding hydrogens is 458 g/mol. The highest BCUT2D eigenvalue weighted by Gasteiger charge is 2.15. The van der Waals surface area contributed by atoms with Crippen LogP contribution in [0.4, 0.5) is 10.8 Å². The summed E-state index contributed by atoms with van der Waals surface area (Å²) in [5, 5.41) is 5.07. The van der Waals surface area contributed by atoms with Gasteiger partial charge in [0, 0.05) is 22.2 Å². The van der Waals surface area contributed by atoms with E-state index in [1.54, 1.807) is 36.4 Å². The molecule has 4 rings (SSSR count). The van der Waals surface area contributed by atoms with Gasteiger partial charge in [-0.15, -0.1) is 11.3 Å². The molecule has 7 nitrogen and oxygen atoms in total. The van der Waals surface area contributed by atoms with Gasteiger partial charge in [0.1, 0.15) is 5.75 Å². The number of ether oxygens (including phenoxy) is 1. The lowest BCUT2D eigenvalue weighted by molar-refractivity contribution is 0.102. The molecule has 4 aromatic rings. The summed E-state index contributed by atoms with van der Waals surface area (Å²) >= 11 is 1.31. The molecule has 1 amide bonds. The molecule has 0 radical (unpaired) electrons. The van der Waals surface area contributed by atoms with E-state index in [2.05, 4.69) is 15.0 Å². The van der Waals surface area contributed by atoms with Crippen molar-refractivity contribution in [1.29, 1.82) is 0 Å². The Labute approximate surface area is 196 Å². The van der Waals surface area contributed by atoms with Gasteiger partial charge in [-0.2, -0.15) is 0 Å². The maximum absolute atomic E-state index is 12.7. The van der Waals surface area contributed by atoms with Gasteiger partial charge >= 0.3 is 0 Å². The minimum absolute atomic E-state index is 0.143. The van der Waals surface area contributed by atoms with E-state index >= 15 is 0 Å². The third kappa shape index (κ3) is 5.57. The van der Waals surface area contributed by atoms with Crippen LogP contribution in [0.1, 0.15) is 17.3 Å². The van der Waals surface area contributed by atoms with Crippen LogP contribution in [0.2, 0.25) is 0 Å². The Morgan fingerprint density at radius 2 is 1.76 bits per heavy atom. The van der Waals surface area contributed by atoms with Crippen molar-refractivity contribution in [2.75, 3.05) is 16.6 Å². The molecule has 168 valence electrons. The van der Waals surface area contributed by atoms with Gasteiger partial charge in [0.25, 0.3) is 15.9 Å². The maximum Gasteiger partial charge on any atom is 0.261 e. The fraction of sp³-hybridized carbons (Fsp3) is 0.0833. The predicted octanol–water partition coefficient (Wildman–Crippen LogP) is 5.26. The SMILES string of the molecule is CCOc1ccc(-c2csc(NC(=O)c3cccc(NS(=O)(=O)c4ccccc4)c3)n2)cc1. The Balaban J connectivity index is 1.45. The Morgan fingerprint density at radius 3 is 2.48 bits per heavy atom. The van der Waals surface area contributed by atoms with Crippen LogP contribution in [0.3, 0.4) is 0 Å². The summed E-state index contributed by atoms with van der Waals surface area (Å²) in [5.41, 5.74) is 2.25. The van der Waals surface area contributed by atoms with Crippen molar-refractivity contribution in [1.82, 2.24) is 4.98 Å². The molecule has 0 aliphatic heterocycles. The van der Waals surface area contributed by atoms with Crippen molar-refractivity contribution in [2.45, 2.75) is 11.8 Å². The van der Waals surface area contributed by atoms with Gasteiger partial charge in [0.05, 0.1) is 17.2 Å². The van der Waals surface area contributed by atoms with E-state index in [0.29, 0.717) is 23.0 Å². The highest BCUT2D eigenvalue weighted by Crippen LogP contribution is 2.27. The number of amides is 1. The van der Waals surface area contributed by atoms with E-state index in [9.17, 15) is 13.2 Å². The first-order valence-corrected chi connectivity index (χ1v) is 12.5. The molecular formula is C24H21N3O4S2. The van der Waals surface area contributed by atoms with Gasteiger partial charge in [0.15, 0.2) is 5.13 Å².